The standard InChI is InChI=1S/C18H21NO3/c1-3-14-7-4-5-10-17(14)22-12-11-19-18(20)15-8-6-9-16(13-15)21-2/h4-10,13H,3,11-12H2,1-2H3,(H,19,20). The lowest BCUT2D eigenvalue weighted by Crippen LogP contribution is -2.28. The van der Waals surface area contributed by atoms with Crippen molar-refractivity contribution in [3.8, 4) is 11.5 Å². The van der Waals surface area contributed by atoms with E-state index in [4.69, 9.17) is 9.47 Å². The van der Waals surface area contributed by atoms with Crippen molar-refractivity contribution in [2.24, 2.45) is 0 Å². The number of ether oxygens (including phenoxy) is 2. The van der Waals surface area contributed by atoms with Gasteiger partial charge in [-0.15, -0.1) is 0 Å². The number of amides is 1. The van der Waals surface area contributed by atoms with Gasteiger partial charge in [-0.1, -0.05) is 31.2 Å². The predicted octanol–water partition coefficient (Wildman–Crippen LogP) is 3.07. The number of hydrogen-bond donors (Lipinski definition) is 1. The van der Waals surface area contributed by atoms with Crippen LogP contribution < -0.4 is 14.8 Å². The molecule has 4 heteroatoms. The summed E-state index contributed by atoms with van der Waals surface area (Å²) in [5, 5.41) is 2.84. The Morgan fingerprint density at radius 3 is 2.73 bits per heavy atom. The Kier molecular flexibility index (Phi) is 5.83. The van der Waals surface area contributed by atoms with Crippen LogP contribution in [0.3, 0.4) is 0 Å². The summed E-state index contributed by atoms with van der Waals surface area (Å²) in [6.07, 6.45) is 0.923. The highest BCUT2D eigenvalue weighted by Crippen LogP contribution is 2.18. The Bertz CT molecular complexity index is 625. The van der Waals surface area contributed by atoms with Gasteiger partial charge in [-0.2, -0.15) is 0 Å². The number of nitrogens with one attached hydrogen (secondary N) is 1. The van der Waals surface area contributed by atoms with E-state index in [-0.39, 0.29) is 5.91 Å². The van der Waals surface area contributed by atoms with Gasteiger partial charge in [-0.05, 0) is 36.2 Å². The number of carbonyl (C=O) groups is 1. The van der Waals surface area contributed by atoms with E-state index in [1.54, 1.807) is 25.3 Å². The van der Waals surface area contributed by atoms with Crippen molar-refractivity contribution < 1.29 is 14.3 Å². The van der Waals surface area contributed by atoms with Crippen LogP contribution in [0.2, 0.25) is 0 Å². The molecule has 22 heavy (non-hydrogen) atoms. The summed E-state index contributed by atoms with van der Waals surface area (Å²) in [6.45, 7) is 2.98. The first kappa shape index (κ1) is 15.9. The zero-order chi connectivity index (χ0) is 15.8. The molecule has 0 atom stereocenters. The minimum Gasteiger partial charge on any atom is -0.497 e. The monoisotopic (exact) mass is 299 g/mol. The first-order valence-electron chi connectivity index (χ1n) is 7.37. The summed E-state index contributed by atoms with van der Waals surface area (Å²) in [6, 6.07) is 15.0. The SMILES string of the molecule is CCc1ccccc1OCCNC(=O)c1cccc(OC)c1. The number of hydrogen-bond acceptors (Lipinski definition) is 3. The molecule has 0 aliphatic heterocycles. The van der Waals surface area contributed by atoms with Gasteiger partial charge in [0.05, 0.1) is 13.7 Å². The second kappa shape index (κ2) is 8.08. The normalized spacial score (nSPS) is 10.1. The quantitative estimate of drug-likeness (QED) is 0.799. The van der Waals surface area contributed by atoms with Gasteiger partial charge in [0.1, 0.15) is 18.1 Å². The molecule has 0 aliphatic carbocycles. The van der Waals surface area contributed by atoms with Crippen LogP contribution in [0.4, 0.5) is 0 Å². The minimum atomic E-state index is -0.133. The van der Waals surface area contributed by atoms with E-state index in [0.29, 0.717) is 24.5 Å². The van der Waals surface area contributed by atoms with Gasteiger partial charge in [0, 0.05) is 5.56 Å². The third-order valence-electron chi connectivity index (χ3n) is 3.33. The smallest absolute Gasteiger partial charge is 0.251 e. The molecule has 0 saturated heterocycles. The number of rotatable bonds is 7. The van der Waals surface area contributed by atoms with E-state index in [0.717, 1.165) is 12.2 Å². The molecule has 0 fully saturated rings. The van der Waals surface area contributed by atoms with E-state index >= 15 is 0 Å². The Morgan fingerprint density at radius 1 is 1.14 bits per heavy atom. The number of para-hydroxylation sites is 1. The third-order valence-corrected chi connectivity index (χ3v) is 3.33. The summed E-state index contributed by atoms with van der Waals surface area (Å²) in [5.74, 6) is 1.41. The van der Waals surface area contributed by atoms with E-state index in [2.05, 4.69) is 12.2 Å². The van der Waals surface area contributed by atoms with Crippen LogP contribution in [0.5, 0.6) is 11.5 Å². The van der Waals surface area contributed by atoms with Gasteiger partial charge in [0.2, 0.25) is 0 Å². The molecule has 0 aliphatic rings. The molecular weight excluding hydrogens is 278 g/mol. The molecule has 0 aromatic heterocycles. The average Bonchev–Trinajstić information content (AvgIpc) is 2.58. The van der Waals surface area contributed by atoms with Crippen molar-refractivity contribution in [3.63, 3.8) is 0 Å². The number of aryl methyl sites for hydroxylation is 1. The molecular formula is C18H21NO3. The topological polar surface area (TPSA) is 47.6 Å². The summed E-state index contributed by atoms with van der Waals surface area (Å²) >= 11 is 0. The van der Waals surface area contributed by atoms with Gasteiger partial charge < -0.3 is 14.8 Å². The Hall–Kier alpha value is -2.49. The predicted molar refractivity (Wildman–Crippen MR) is 86.6 cm³/mol. The molecule has 0 spiro atoms. The first-order valence-corrected chi connectivity index (χ1v) is 7.37. The van der Waals surface area contributed by atoms with Crippen LogP contribution >= 0.6 is 0 Å². The summed E-state index contributed by atoms with van der Waals surface area (Å²) in [5.41, 5.74) is 1.75. The van der Waals surface area contributed by atoms with Gasteiger partial charge >= 0.3 is 0 Å². The van der Waals surface area contributed by atoms with Crippen LogP contribution in [0.15, 0.2) is 48.5 Å². The lowest BCUT2D eigenvalue weighted by Gasteiger charge is -2.11. The molecule has 0 bridgehead atoms. The van der Waals surface area contributed by atoms with Crippen molar-refractivity contribution in [3.05, 3.63) is 59.7 Å². The van der Waals surface area contributed by atoms with E-state index < -0.39 is 0 Å². The van der Waals surface area contributed by atoms with E-state index in [9.17, 15) is 4.79 Å². The molecule has 2 aromatic rings. The molecule has 0 saturated carbocycles. The number of benzene rings is 2. The molecule has 2 aromatic carbocycles. The third kappa shape index (κ3) is 4.25. The fourth-order valence-electron chi connectivity index (χ4n) is 2.13. The Morgan fingerprint density at radius 2 is 1.95 bits per heavy atom. The van der Waals surface area contributed by atoms with E-state index in [1.807, 2.05) is 30.3 Å². The minimum absolute atomic E-state index is 0.133. The van der Waals surface area contributed by atoms with Crippen molar-refractivity contribution in [1.82, 2.24) is 5.32 Å². The Labute approximate surface area is 131 Å². The van der Waals surface area contributed by atoms with Gasteiger partial charge in [-0.3, -0.25) is 4.79 Å². The van der Waals surface area contributed by atoms with Crippen LogP contribution in [-0.4, -0.2) is 26.2 Å². The molecule has 0 radical (unpaired) electrons. The van der Waals surface area contributed by atoms with Crippen LogP contribution in [0.25, 0.3) is 0 Å². The zero-order valence-electron chi connectivity index (χ0n) is 13.0. The van der Waals surface area contributed by atoms with Gasteiger partial charge in [0.25, 0.3) is 5.91 Å². The summed E-state index contributed by atoms with van der Waals surface area (Å²) in [4.78, 5) is 12.0. The summed E-state index contributed by atoms with van der Waals surface area (Å²) in [7, 11) is 1.58. The summed E-state index contributed by atoms with van der Waals surface area (Å²) < 4.78 is 10.8. The van der Waals surface area contributed by atoms with Crippen molar-refractivity contribution in [2.75, 3.05) is 20.3 Å². The molecule has 116 valence electrons. The lowest BCUT2D eigenvalue weighted by molar-refractivity contribution is 0.0946. The largest absolute Gasteiger partial charge is 0.497 e. The lowest BCUT2D eigenvalue weighted by atomic mass is 10.1. The zero-order valence-corrected chi connectivity index (χ0v) is 13.0. The van der Waals surface area contributed by atoms with Crippen LogP contribution in [-0.2, 0) is 6.42 Å². The highest BCUT2D eigenvalue weighted by molar-refractivity contribution is 5.94. The van der Waals surface area contributed by atoms with Crippen LogP contribution in [0, 0.1) is 0 Å². The van der Waals surface area contributed by atoms with Gasteiger partial charge in [0.15, 0.2) is 0 Å². The van der Waals surface area contributed by atoms with Crippen molar-refractivity contribution in [2.45, 2.75) is 13.3 Å². The molecule has 0 unspecified atom stereocenters. The second-order valence-corrected chi connectivity index (χ2v) is 4.80. The molecule has 0 heterocycles. The van der Waals surface area contributed by atoms with Crippen molar-refractivity contribution >= 4 is 5.91 Å². The molecule has 1 amide bonds. The van der Waals surface area contributed by atoms with E-state index in [1.165, 1.54) is 5.56 Å². The molecule has 2 rings (SSSR count). The molecule has 1 N–H and O–H groups in total. The van der Waals surface area contributed by atoms with Gasteiger partial charge in [-0.25, -0.2) is 0 Å². The van der Waals surface area contributed by atoms with Crippen molar-refractivity contribution in [1.29, 1.82) is 0 Å². The average molecular weight is 299 g/mol. The second-order valence-electron chi connectivity index (χ2n) is 4.80. The number of carbonyl (C=O) groups excluding carboxylic acids is 1. The highest BCUT2D eigenvalue weighted by atomic mass is 16.5. The Balaban J connectivity index is 1.82. The first-order chi connectivity index (χ1) is 10.7. The number of methoxy groups -OCH3 is 1. The highest BCUT2D eigenvalue weighted by Gasteiger charge is 2.06. The van der Waals surface area contributed by atoms with Crippen LogP contribution in [0.1, 0.15) is 22.8 Å². The fraction of sp³-hybridized carbons (Fsp3) is 0.278. The fourth-order valence-corrected chi connectivity index (χ4v) is 2.13. The molecule has 4 nitrogen and oxygen atoms in total. The maximum absolute atomic E-state index is 12.0. The maximum Gasteiger partial charge on any atom is 0.251 e. The maximum atomic E-state index is 12.0.